The first-order valence-corrected chi connectivity index (χ1v) is 5.94. The van der Waals surface area contributed by atoms with Gasteiger partial charge in [0, 0.05) is 19.3 Å². The smallest absolute Gasteiger partial charge is 0.318 e. The van der Waals surface area contributed by atoms with Gasteiger partial charge in [-0.05, 0) is 13.8 Å². The summed E-state index contributed by atoms with van der Waals surface area (Å²) >= 11 is 0. The first kappa shape index (κ1) is 12.5. The number of ether oxygens (including phenoxy) is 1. The maximum absolute atomic E-state index is 12.2. The molecule has 0 saturated heterocycles. The van der Waals surface area contributed by atoms with Crippen LogP contribution in [0.25, 0.3) is 0 Å². The predicted molar refractivity (Wildman–Crippen MR) is 64.4 cm³/mol. The first-order valence-electron chi connectivity index (χ1n) is 5.94. The van der Waals surface area contributed by atoms with Crippen LogP contribution in [0, 0.1) is 5.92 Å². The average molecular weight is 249 g/mol. The van der Waals surface area contributed by atoms with E-state index < -0.39 is 11.9 Å². The topological polar surface area (TPSA) is 72.4 Å². The highest BCUT2D eigenvalue weighted by Crippen LogP contribution is 2.27. The van der Waals surface area contributed by atoms with Gasteiger partial charge >= 0.3 is 5.97 Å². The number of hydrogen-bond donors (Lipinski definition) is 0. The normalized spacial score (nSPS) is 18.4. The van der Waals surface area contributed by atoms with E-state index in [2.05, 4.69) is 9.97 Å². The molecule has 0 aromatic carbocycles. The third-order valence-electron chi connectivity index (χ3n) is 2.93. The molecule has 0 spiro atoms. The van der Waals surface area contributed by atoms with Crippen LogP contribution in [0.5, 0.6) is 0 Å². The van der Waals surface area contributed by atoms with Crippen molar-refractivity contribution >= 4 is 17.6 Å². The zero-order valence-electron chi connectivity index (χ0n) is 10.4. The second-order valence-electron chi connectivity index (χ2n) is 3.97. The van der Waals surface area contributed by atoms with Crippen LogP contribution in [-0.4, -0.2) is 41.4 Å². The number of ketones is 1. The summed E-state index contributed by atoms with van der Waals surface area (Å²) in [6.07, 6.45) is 2.86. The minimum Gasteiger partial charge on any atom is -0.465 e. The van der Waals surface area contributed by atoms with E-state index in [1.807, 2.05) is 11.8 Å². The van der Waals surface area contributed by atoms with Gasteiger partial charge in [-0.25, -0.2) is 9.97 Å². The van der Waals surface area contributed by atoms with Crippen molar-refractivity contribution in [3.8, 4) is 0 Å². The standard InChI is InChI=1S/C12H15N3O3/c1-3-15-6-9(12(17)18-4-2)10(16)8-5-13-7-14-11(8)15/h5,7,9H,3-4,6H2,1-2H3. The minimum atomic E-state index is -0.775. The van der Waals surface area contributed by atoms with Gasteiger partial charge in [-0.2, -0.15) is 0 Å². The third kappa shape index (κ3) is 2.05. The van der Waals surface area contributed by atoms with Crippen molar-refractivity contribution in [1.82, 2.24) is 9.97 Å². The van der Waals surface area contributed by atoms with Crippen molar-refractivity contribution in [2.75, 3.05) is 24.6 Å². The molecule has 1 unspecified atom stereocenters. The maximum Gasteiger partial charge on any atom is 0.318 e. The zero-order valence-corrected chi connectivity index (χ0v) is 10.4. The lowest BCUT2D eigenvalue weighted by Crippen LogP contribution is -2.44. The summed E-state index contributed by atoms with van der Waals surface area (Å²) < 4.78 is 4.93. The molecular formula is C12H15N3O3. The highest BCUT2D eigenvalue weighted by molar-refractivity contribution is 6.12. The van der Waals surface area contributed by atoms with Gasteiger partial charge in [0.15, 0.2) is 5.78 Å². The highest BCUT2D eigenvalue weighted by Gasteiger charge is 2.37. The van der Waals surface area contributed by atoms with Crippen molar-refractivity contribution in [2.24, 2.45) is 5.92 Å². The number of hydrogen-bond acceptors (Lipinski definition) is 6. The summed E-state index contributed by atoms with van der Waals surface area (Å²) in [7, 11) is 0. The van der Waals surface area contributed by atoms with Crippen molar-refractivity contribution in [3.63, 3.8) is 0 Å². The monoisotopic (exact) mass is 249 g/mol. The van der Waals surface area contributed by atoms with Gasteiger partial charge in [-0.15, -0.1) is 0 Å². The summed E-state index contributed by atoms with van der Waals surface area (Å²) in [5.74, 6) is -0.911. The molecule has 96 valence electrons. The molecule has 6 heteroatoms. The highest BCUT2D eigenvalue weighted by atomic mass is 16.5. The number of nitrogens with zero attached hydrogens (tertiary/aromatic N) is 3. The molecule has 0 fully saturated rings. The van der Waals surface area contributed by atoms with Gasteiger partial charge in [-0.1, -0.05) is 0 Å². The van der Waals surface area contributed by atoms with Gasteiger partial charge in [0.2, 0.25) is 0 Å². The predicted octanol–water partition coefficient (Wildman–Crippen LogP) is 0.678. The van der Waals surface area contributed by atoms with E-state index in [9.17, 15) is 9.59 Å². The summed E-state index contributed by atoms with van der Waals surface area (Å²) in [5, 5.41) is 0. The molecule has 0 amide bonds. The Morgan fingerprint density at radius 3 is 3.00 bits per heavy atom. The Morgan fingerprint density at radius 1 is 1.56 bits per heavy atom. The van der Waals surface area contributed by atoms with Crippen LogP contribution in [0.1, 0.15) is 24.2 Å². The molecule has 18 heavy (non-hydrogen) atoms. The molecular weight excluding hydrogens is 234 g/mol. The second kappa shape index (κ2) is 5.12. The second-order valence-corrected chi connectivity index (χ2v) is 3.97. The van der Waals surface area contributed by atoms with Crippen LogP contribution in [-0.2, 0) is 9.53 Å². The van der Waals surface area contributed by atoms with Crippen LogP contribution < -0.4 is 4.90 Å². The van der Waals surface area contributed by atoms with E-state index in [-0.39, 0.29) is 12.4 Å². The number of aromatic nitrogens is 2. The lowest BCUT2D eigenvalue weighted by molar-refractivity contribution is -0.145. The van der Waals surface area contributed by atoms with Crippen molar-refractivity contribution < 1.29 is 14.3 Å². The van der Waals surface area contributed by atoms with Gasteiger partial charge < -0.3 is 9.64 Å². The summed E-state index contributed by atoms with van der Waals surface area (Å²) in [4.78, 5) is 33.8. The van der Waals surface area contributed by atoms with Crippen LogP contribution in [0.2, 0.25) is 0 Å². The van der Waals surface area contributed by atoms with Crippen molar-refractivity contribution in [1.29, 1.82) is 0 Å². The SMILES string of the molecule is CCOC(=O)C1CN(CC)c2ncncc2C1=O. The zero-order chi connectivity index (χ0) is 13.1. The molecule has 1 aromatic rings. The molecule has 1 aliphatic heterocycles. The molecule has 1 aliphatic rings. The number of anilines is 1. The van der Waals surface area contributed by atoms with E-state index in [1.54, 1.807) is 6.92 Å². The summed E-state index contributed by atoms with van der Waals surface area (Å²) in [6, 6.07) is 0. The van der Waals surface area contributed by atoms with E-state index in [0.717, 1.165) is 0 Å². The molecule has 0 aliphatic carbocycles. The van der Waals surface area contributed by atoms with Gasteiger partial charge in [0.25, 0.3) is 0 Å². The number of carbonyl (C=O) groups excluding carboxylic acids is 2. The molecule has 2 heterocycles. The average Bonchev–Trinajstić information content (AvgIpc) is 2.40. The molecule has 2 rings (SSSR count). The summed E-state index contributed by atoms with van der Waals surface area (Å²) in [5.41, 5.74) is 0.392. The Hall–Kier alpha value is -1.98. The third-order valence-corrected chi connectivity index (χ3v) is 2.93. The van der Waals surface area contributed by atoms with Crippen LogP contribution >= 0.6 is 0 Å². The number of rotatable bonds is 3. The molecule has 1 aromatic heterocycles. The van der Waals surface area contributed by atoms with Gasteiger partial charge in [-0.3, -0.25) is 9.59 Å². The van der Waals surface area contributed by atoms with Crippen LogP contribution in [0.4, 0.5) is 5.82 Å². The Bertz CT molecular complexity index is 475. The van der Waals surface area contributed by atoms with E-state index in [1.165, 1.54) is 12.5 Å². The van der Waals surface area contributed by atoms with Crippen molar-refractivity contribution in [3.05, 3.63) is 18.1 Å². The molecule has 1 atom stereocenters. The lowest BCUT2D eigenvalue weighted by atomic mass is 9.94. The fourth-order valence-electron chi connectivity index (χ4n) is 2.03. The molecule has 0 bridgehead atoms. The largest absolute Gasteiger partial charge is 0.465 e. The number of Topliss-reactive ketones (excluding diaryl/α,β-unsaturated/α-hetero) is 1. The Kier molecular flexibility index (Phi) is 3.55. The molecule has 0 saturated carbocycles. The lowest BCUT2D eigenvalue weighted by Gasteiger charge is -2.31. The first-order chi connectivity index (χ1) is 8.69. The number of fused-ring (bicyclic) bond motifs is 1. The Balaban J connectivity index is 2.35. The summed E-state index contributed by atoms with van der Waals surface area (Å²) in [6.45, 7) is 4.93. The minimum absolute atomic E-state index is 0.256. The van der Waals surface area contributed by atoms with Gasteiger partial charge in [0.1, 0.15) is 18.1 Å². The Labute approximate surface area is 105 Å². The van der Waals surface area contributed by atoms with Crippen LogP contribution in [0.3, 0.4) is 0 Å². The quantitative estimate of drug-likeness (QED) is 0.579. The van der Waals surface area contributed by atoms with Gasteiger partial charge in [0.05, 0.1) is 12.2 Å². The van der Waals surface area contributed by atoms with Crippen LogP contribution in [0.15, 0.2) is 12.5 Å². The fourth-order valence-corrected chi connectivity index (χ4v) is 2.03. The molecule has 0 N–H and O–H groups in total. The molecule has 6 nitrogen and oxygen atoms in total. The van der Waals surface area contributed by atoms with E-state index in [0.29, 0.717) is 24.5 Å². The Morgan fingerprint density at radius 2 is 2.33 bits per heavy atom. The van der Waals surface area contributed by atoms with E-state index in [4.69, 9.17) is 4.74 Å². The molecule has 0 radical (unpaired) electrons. The van der Waals surface area contributed by atoms with E-state index >= 15 is 0 Å². The number of esters is 1. The maximum atomic E-state index is 12.2. The fraction of sp³-hybridized carbons (Fsp3) is 0.500. The van der Waals surface area contributed by atoms with Crippen molar-refractivity contribution in [2.45, 2.75) is 13.8 Å². The number of carbonyl (C=O) groups is 2.